The molecule has 1 fully saturated rings. The number of hydrogen-bond donors (Lipinski definition) is 2. The lowest BCUT2D eigenvalue weighted by molar-refractivity contribution is -0.114. The Morgan fingerprint density at radius 1 is 1.15 bits per heavy atom. The van der Waals surface area contributed by atoms with Crippen LogP contribution < -0.4 is 14.8 Å². The minimum absolute atomic E-state index is 0.0631. The number of aliphatic hydroxyl groups excluding tert-OH is 1. The van der Waals surface area contributed by atoms with E-state index < -0.39 is 23.4 Å². The quantitative estimate of drug-likeness (QED) is 0.576. The maximum absolute atomic E-state index is 14.3. The Hall–Kier alpha value is -2.48. The van der Waals surface area contributed by atoms with E-state index in [1.165, 1.54) is 12.1 Å². The zero-order valence-corrected chi connectivity index (χ0v) is 20.3. The van der Waals surface area contributed by atoms with Crippen molar-refractivity contribution in [1.29, 1.82) is 0 Å². The van der Waals surface area contributed by atoms with E-state index in [0.29, 0.717) is 54.1 Å². The summed E-state index contributed by atoms with van der Waals surface area (Å²) in [5.41, 5.74) is 0.768. The van der Waals surface area contributed by atoms with Crippen LogP contribution in [0.15, 0.2) is 36.4 Å². The fraction of sp³-hybridized carbons (Fsp3) is 0.519. The highest BCUT2D eigenvalue weighted by Crippen LogP contribution is 2.51. The second-order valence-corrected chi connectivity index (χ2v) is 9.69. The van der Waals surface area contributed by atoms with Gasteiger partial charge < -0.3 is 24.6 Å². The number of nitrogens with one attached hydrogen (secondary N) is 1. The molecule has 1 unspecified atom stereocenters. The van der Waals surface area contributed by atoms with E-state index in [-0.39, 0.29) is 24.6 Å². The van der Waals surface area contributed by atoms with Crippen LogP contribution >= 0.6 is 0 Å². The number of fused-ring (bicyclic) bond motifs is 1. The van der Waals surface area contributed by atoms with Crippen molar-refractivity contribution in [3.63, 3.8) is 0 Å². The Morgan fingerprint density at radius 3 is 2.53 bits per heavy atom. The van der Waals surface area contributed by atoms with Crippen molar-refractivity contribution in [2.75, 3.05) is 13.1 Å². The van der Waals surface area contributed by atoms with Crippen LogP contribution in [0.3, 0.4) is 0 Å². The van der Waals surface area contributed by atoms with Gasteiger partial charge in [0.1, 0.15) is 29.0 Å². The summed E-state index contributed by atoms with van der Waals surface area (Å²) >= 11 is 0. The summed E-state index contributed by atoms with van der Waals surface area (Å²) in [6, 6.07) is 9.56. The first-order chi connectivity index (χ1) is 16.2. The molecule has 6 nitrogen and oxygen atoms in total. The van der Waals surface area contributed by atoms with Crippen LogP contribution in [0.25, 0.3) is 0 Å². The summed E-state index contributed by atoms with van der Waals surface area (Å²) in [6.45, 7) is 8.80. The summed E-state index contributed by atoms with van der Waals surface area (Å²) in [7, 11) is 0. The van der Waals surface area contributed by atoms with E-state index in [1.807, 2.05) is 27.7 Å². The summed E-state index contributed by atoms with van der Waals surface area (Å²) in [5, 5.41) is 13.3. The van der Waals surface area contributed by atoms with Crippen molar-refractivity contribution < 1.29 is 28.5 Å². The molecule has 2 aliphatic rings. The molecule has 2 aliphatic heterocycles. The zero-order valence-electron chi connectivity index (χ0n) is 20.3. The first-order valence-electron chi connectivity index (χ1n) is 12.0. The average Bonchev–Trinajstić information content (AvgIpc) is 2.79. The third-order valence-electron chi connectivity index (χ3n) is 6.49. The molecular weight excluding hydrogens is 437 g/mol. The van der Waals surface area contributed by atoms with Crippen LogP contribution in [-0.2, 0) is 11.3 Å². The molecule has 4 rings (SSSR count). The van der Waals surface area contributed by atoms with Gasteiger partial charge in [-0.25, -0.2) is 4.39 Å². The molecule has 34 heavy (non-hydrogen) atoms. The highest BCUT2D eigenvalue weighted by molar-refractivity contribution is 5.99. The molecule has 1 spiro atoms. The van der Waals surface area contributed by atoms with Crippen molar-refractivity contribution in [2.45, 2.75) is 71.1 Å². The van der Waals surface area contributed by atoms with Crippen molar-refractivity contribution in [3.8, 4) is 11.5 Å². The largest absolute Gasteiger partial charge is 0.491 e. The molecule has 2 aromatic rings. The fourth-order valence-corrected chi connectivity index (χ4v) is 5.06. The molecule has 2 heterocycles. The number of ketones is 1. The highest BCUT2D eigenvalue weighted by Gasteiger charge is 2.54. The smallest absolute Gasteiger partial charge is 0.172 e. The van der Waals surface area contributed by atoms with Crippen LogP contribution in [0.4, 0.5) is 4.39 Å². The predicted molar refractivity (Wildman–Crippen MR) is 127 cm³/mol. The monoisotopic (exact) mass is 471 g/mol. The fourth-order valence-electron chi connectivity index (χ4n) is 5.06. The Kier molecular flexibility index (Phi) is 7.26. The van der Waals surface area contributed by atoms with Gasteiger partial charge in [0.25, 0.3) is 0 Å². The number of rotatable bonds is 7. The number of ether oxygens (including phenoxy) is 3. The van der Waals surface area contributed by atoms with Gasteiger partial charge in [-0.2, -0.15) is 0 Å². The molecule has 0 radical (unpaired) electrons. The molecule has 7 heteroatoms. The van der Waals surface area contributed by atoms with Gasteiger partial charge in [0.2, 0.25) is 0 Å². The van der Waals surface area contributed by atoms with E-state index >= 15 is 0 Å². The summed E-state index contributed by atoms with van der Waals surface area (Å²) in [5.74, 6) is -0.101. The van der Waals surface area contributed by atoms with Crippen LogP contribution in [0, 0.1) is 11.7 Å². The SMILES string of the molecule is CC(C)Oc1ccc(C(=O)C2[C@@H](OC(C)C)c3cc(F)ccc3OC23CCNCC3)cc1CO. The number of piperidine rings is 1. The van der Waals surface area contributed by atoms with Crippen molar-refractivity contribution in [3.05, 3.63) is 58.9 Å². The van der Waals surface area contributed by atoms with Gasteiger partial charge in [-0.1, -0.05) is 0 Å². The van der Waals surface area contributed by atoms with Gasteiger partial charge in [-0.15, -0.1) is 0 Å². The number of Topliss-reactive ketones (excluding diaryl/α,β-unsaturated/α-hetero) is 1. The van der Waals surface area contributed by atoms with Crippen LogP contribution in [-0.4, -0.2) is 41.8 Å². The predicted octanol–water partition coefficient (Wildman–Crippen LogP) is 4.59. The topological polar surface area (TPSA) is 77.0 Å². The normalized spacial score (nSPS) is 21.4. The number of carbonyl (C=O) groups excluding carboxylic acids is 1. The first-order valence-corrected chi connectivity index (χ1v) is 12.0. The summed E-state index contributed by atoms with van der Waals surface area (Å²) in [4.78, 5) is 14.2. The van der Waals surface area contributed by atoms with Gasteiger partial charge in [-0.05, 0) is 77.2 Å². The lowest BCUT2D eigenvalue weighted by Gasteiger charge is -2.50. The first kappa shape index (κ1) is 24.6. The van der Waals surface area contributed by atoms with E-state index in [9.17, 15) is 14.3 Å². The zero-order chi connectivity index (χ0) is 24.5. The Labute approximate surface area is 200 Å². The van der Waals surface area contributed by atoms with Crippen LogP contribution in [0.2, 0.25) is 0 Å². The van der Waals surface area contributed by atoms with Gasteiger partial charge in [0, 0.05) is 29.5 Å². The number of benzene rings is 2. The molecule has 184 valence electrons. The van der Waals surface area contributed by atoms with E-state index in [2.05, 4.69) is 5.32 Å². The van der Waals surface area contributed by atoms with Gasteiger partial charge in [0.15, 0.2) is 5.78 Å². The lowest BCUT2D eigenvalue weighted by Crippen LogP contribution is -2.58. The molecule has 0 aromatic heterocycles. The third kappa shape index (κ3) is 4.83. The van der Waals surface area contributed by atoms with Crippen LogP contribution in [0.5, 0.6) is 11.5 Å². The summed E-state index contributed by atoms with van der Waals surface area (Å²) in [6.07, 6.45) is 0.350. The Balaban J connectivity index is 1.82. The number of aliphatic hydroxyl groups is 1. The second-order valence-electron chi connectivity index (χ2n) is 9.69. The maximum atomic E-state index is 14.3. The van der Waals surface area contributed by atoms with Gasteiger partial charge >= 0.3 is 0 Å². The number of halogens is 1. The molecule has 2 atom stereocenters. The minimum atomic E-state index is -0.779. The average molecular weight is 472 g/mol. The summed E-state index contributed by atoms with van der Waals surface area (Å²) < 4.78 is 32.9. The lowest BCUT2D eigenvalue weighted by atomic mass is 9.69. The number of carbonyl (C=O) groups is 1. The van der Waals surface area contributed by atoms with Gasteiger partial charge in [0.05, 0.1) is 24.7 Å². The molecule has 0 bridgehead atoms. The van der Waals surface area contributed by atoms with E-state index in [4.69, 9.17) is 14.2 Å². The molecule has 0 amide bonds. The molecule has 0 saturated carbocycles. The molecular formula is C27H34FNO5. The standard InChI is InChI=1S/C27H34FNO5/c1-16(2)32-22-7-5-18(13-19(22)15-30)25(31)24-26(33-17(3)4)21-14-20(28)6-8-23(21)34-27(24)9-11-29-12-10-27/h5-8,13-14,16-17,24,26,29-30H,9-12,15H2,1-4H3/t24?,26-/m0/s1. The van der Waals surface area contributed by atoms with Gasteiger partial charge in [-0.3, -0.25) is 4.79 Å². The molecule has 2 N–H and O–H groups in total. The van der Waals surface area contributed by atoms with E-state index in [1.54, 1.807) is 24.3 Å². The van der Waals surface area contributed by atoms with Crippen LogP contribution in [0.1, 0.15) is 68.1 Å². The molecule has 1 saturated heterocycles. The van der Waals surface area contributed by atoms with E-state index in [0.717, 1.165) is 0 Å². The third-order valence-corrected chi connectivity index (χ3v) is 6.49. The molecule has 0 aliphatic carbocycles. The van der Waals surface area contributed by atoms with Crippen molar-refractivity contribution in [1.82, 2.24) is 5.32 Å². The number of hydrogen-bond acceptors (Lipinski definition) is 6. The van der Waals surface area contributed by atoms with Crippen molar-refractivity contribution in [2.24, 2.45) is 5.92 Å². The maximum Gasteiger partial charge on any atom is 0.172 e. The molecule has 2 aromatic carbocycles. The Bertz CT molecular complexity index is 1030. The Morgan fingerprint density at radius 2 is 1.88 bits per heavy atom. The highest BCUT2D eigenvalue weighted by atomic mass is 19.1. The second kappa shape index (κ2) is 10.0. The minimum Gasteiger partial charge on any atom is -0.491 e. The van der Waals surface area contributed by atoms with Crippen molar-refractivity contribution >= 4 is 5.78 Å².